The van der Waals surface area contributed by atoms with Crippen LogP contribution in [0.2, 0.25) is 0 Å². The number of rotatable bonds is 4. The molecule has 1 aliphatic rings. The Labute approximate surface area is 120 Å². The molecule has 0 amide bonds. The molecule has 102 valence electrons. The highest BCUT2D eigenvalue weighted by molar-refractivity contribution is 6.18. The van der Waals surface area contributed by atoms with E-state index in [-0.39, 0.29) is 6.10 Å². The summed E-state index contributed by atoms with van der Waals surface area (Å²) in [6, 6.07) is 7.84. The van der Waals surface area contributed by atoms with Gasteiger partial charge in [-0.2, -0.15) is 0 Å². The molecule has 1 aliphatic heterocycles. The average molecular weight is 279 g/mol. The summed E-state index contributed by atoms with van der Waals surface area (Å²) >= 11 is 5.62. The minimum atomic E-state index is 0.207. The average Bonchev–Trinajstić information content (AvgIpc) is 2.84. The van der Waals surface area contributed by atoms with Gasteiger partial charge in [0.2, 0.25) is 0 Å². The Morgan fingerprint density at radius 2 is 2.21 bits per heavy atom. The molecule has 0 N–H and O–H groups in total. The quantitative estimate of drug-likeness (QED) is 0.619. The second-order valence-corrected chi connectivity index (χ2v) is 5.07. The zero-order chi connectivity index (χ0) is 13.5. The summed E-state index contributed by atoms with van der Waals surface area (Å²) in [5.41, 5.74) is 0.915. The molecule has 0 spiro atoms. The maximum Gasteiger partial charge on any atom is 0.135 e. The monoisotopic (exact) mass is 278 g/mol. The fourth-order valence-electron chi connectivity index (χ4n) is 2.09. The van der Waals surface area contributed by atoms with E-state index in [1.807, 2.05) is 24.3 Å². The van der Waals surface area contributed by atoms with E-state index in [0.29, 0.717) is 25.0 Å². The van der Waals surface area contributed by atoms with Crippen LogP contribution in [0.4, 0.5) is 0 Å². The van der Waals surface area contributed by atoms with Gasteiger partial charge in [0.15, 0.2) is 0 Å². The van der Waals surface area contributed by atoms with Crippen LogP contribution in [-0.4, -0.2) is 24.7 Å². The van der Waals surface area contributed by atoms with Gasteiger partial charge >= 0.3 is 0 Å². The van der Waals surface area contributed by atoms with E-state index >= 15 is 0 Å². The summed E-state index contributed by atoms with van der Waals surface area (Å²) in [6.45, 7) is 2.70. The second-order valence-electron chi connectivity index (χ2n) is 4.69. The molecule has 0 saturated carbocycles. The molecule has 1 saturated heterocycles. The maximum absolute atomic E-state index is 5.84. The molecule has 1 heterocycles. The van der Waals surface area contributed by atoms with Gasteiger partial charge in [0.05, 0.1) is 17.8 Å². The third-order valence-electron chi connectivity index (χ3n) is 3.07. The summed E-state index contributed by atoms with van der Waals surface area (Å²) in [7, 11) is 0. The Balaban J connectivity index is 1.94. The Kier molecular flexibility index (Phi) is 5.57. The number of alkyl halides is 1. The van der Waals surface area contributed by atoms with Gasteiger partial charge < -0.3 is 9.47 Å². The van der Waals surface area contributed by atoms with E-state index in [2.05, 4.69) is 18.8 Å². The molecule has 2 atom stereocenters. The van der Waals surface area contributed by atoms with Gasteiger partial charge in [0.1, 0.15) is 12.4 Å². The topological polar surface area (TPSA) is 18.5 Å². The maximum atomic E-state index is 5.84. The van der Waals surface area contributed by atoms with Gasteiger partial charge in [-0.15, -0.1) is 11.6 Å². The van der Waals surface area contributed by atoms with Gasteiger partial charge in [0.25, 0.3) is 0 Å². The van der Waals surface area contributed by atoms with Gasteiger partial charge in [-0.1, -0.05) is 24.0 Å². The molecule has 0 aliphatic carbocycles. The van der Waals surface area contributed by atoms with E-state index in [4.69, 9.17) is 21.1 Å². The molecule has 0 radical (unpaired) electrons. The van der Waals surface area contributed by atoms with Crippen LogP contribution in [0.1, 0.15) is 31.7 Å². The number of hydrogen-bond acceptors (Lipinski definition) is 2. The summed E-state index contributed by atoms with van der Waals surface area (Å²) < 4.78 is 11.6. The van der Waals surface area contributed by atoms with Crippen molar-refractivity contribution >= 4 is 11.6 Å². The number of halogens is 1. The molecule has 1 aromatic carbocycles. The van der Waals surface area contributed by atoms with Gasteiger partial charge in [-0.25, -0.2) is 0 Å². The molecule has 2 rings (SSSR count). The first kappa shape index (κ1) is 14.2. The predicted octanol–water partition coefficient (Wildman–Crippen LogP) is 3.61. The lowest BCUT2D eigenvalue weighted by Crippen LogP contribution is -2.18. The van der Waals surface area contributed by atoms with Crippen LogP contribution in [-0.2, 0) is 4.74 Å². The zero-order valence-electron chi connectivity index (χ0n) is 11.2. The van der Waals surface area contributed by atoms with Crippen LogP contribution in [0, 0.1) is 11.8 Å². The minimum Gasteiger partial charge on any atom is -0.490 e. The molecule has 0 bridgehead atoms. The van der Waals surface area contributed by atoms with Gasteiger partial charge in [-0.05, 0) is 31.9 Å². The first-order valence-electron chi connectivity index (χ1n) is 6.71. The summed E-state index contributed by atoms with van der Waals surface area (Å²) in [5.74, 6) is 7.52. The molecule has 2 unspecified atom stereocenters. The molecular weight excluding hydrogens is 260 g/mol. The van der Waals surface area contributed by atoms with Crippen molar-refractivity contribution < 1.29 is 9.47 Å². The highest BCUT2D eigenvalue weighted by Crippen LogP contribution is 2.22. The molecule has 2 nitrogen and oxygen atoms in total. The number of para-hydroxylation sites is 1. The van der Waals surface area contributed by atoms with E-state index in [1.165, 1.54) is 0 Å². The fraction of sp³-hybridized carbons (Fsp3) is 0.500. The van der Waals surface area contributed by atoms with Crippen LogP contribution >= 0.6 is 11.6 Å². The van der Waals surface area contributed by atoms with E-state index in [1.54, 1.807) is 0 Å². The molecule has 1 aromatic rings. The lowest BCUT2D eigenvalue weighted by molar-refractivity contribution is 0.0264. The van der Waals surface area contributed by atoms with Crippen molar-refractivity contribution in [3.05, 3.63) is 29.8 Å². The SMILES string of the molecule is CC1CCC(COc2ccccc2C#CCCCl)O1. The van der Waals surface area contributed by atoms with Crippen molar-refractivity contribution in [2.45, 2.75) is 38.4 Å². The Morgan fingerprint density at radius 3 is 2.95 bits per heavy atom. The van der Waals surface area contributed by atoms with Crippen LogP contribution in [0.5, 0.6) is 5.75 Å². The van der Waals surface area contributed by atoms with Crippen LogP contribution in [0.3, 0.4) is 0 Å². The number of benzene rings is 1. The largest absolute Gasteiger partial charge is 0.490 e. The first-order chi connectivity index (χ1) is 9.29. The van der Waals surface area contributed by atoms with Crippen molar-refractivity contribution in [3.8, 4) is 17.6 Å². The normalized spacial score (nSPS) is 21.8. The van der Waals surface area contributed by atoms with Gasteiger partial charge in [-0.3, -0.25) is 0 Å². The highest BCUT2D eigenvalue weighted by atomic mass is 35.5. The summed E-state index contributed by atoms with van der Waals surface area (Å²) in [5, 5.41) is 0. The standard InChI is InChI=1S/C16H19ClO2/c1-13-9-10-15(19-13)12-18-16-8-3-2-6-14(16)7-4-5-11-17/h2-3,6,8,13,15H,5,9-12H2,1H3. The Bertz CT molecular complexity index is 461. The van der Waals surface area contributed by atoms with Crippen molar-refractivity contribution in [3.63, 3.8) is 0 Å². The van der Waals surface area contributed by atoms with Crippen LogP contribution in [0.15, 0.2) is 24.3 Å². The van der Waals surface area contributed by atoms with E-state index in [0.717, 1.165) is 24.2 Å². The molecule has 3 heteroatoms. The van der Waals surface area contributed by atoms with E-state index in [9.17, 15) is 0 Å². The minimum absolute atomic E-state index is 0.207. The highest BCUT2D eigenvalue weighted by Gasteiger charge is 2.22. The van der Waals surface area contributed by atoms with Crippen molar-refractivity contribution in [1.29, 1.82) is 0 Å². The van der Waals surface area contributed by atoms with Crippen LogP contribution < -0.4 is 4.74 Å². The zero-order valence-corrected chi connectivity index (χ0v) is 12.0. The Morgan fingerprint density at radius 1 is 1.37 bits per heavy atom. The van der Waals surface area contributed by atoms with Crippen molar-refractivity contribution in [2.75, 3.05) is 12.5 Å². The number of hydrogen-bond donors (Lipinski definition) is 0. The molecule has 0 aromatic heterocycles. The smallest absolute Gasteiger partial charge is 0.135 e. The predicted molar refractivity (Wildman–Crippen MR) is 77.7 cm³/mol. The van der Waals surface area contributed by atoms with Crippen molar-refractivity contribution in [1.82, 2.24) is 0 Å². The molecule has 19 heavy (non-hydrogen) atoms. The fourth-order valence-corrected chi connectivity index (χ4v) is 2.19. The third kappa shape index (κ3) is 4.45. The summed E-state index contributed by atoms with van der Waals surface area (Å²) in [6.07, 6.45) is 3.44. The van der Waals surface area contributed by atoms with Gasteiger partial charge in [0, 0.05) is 12.3 Å². The Hall–Kier alpha value is -1.17. The number of ether oxygens (including phenoxy) is 2. The lowest BCUT2D eigenvalue weighted by atomic mass is 10.2. The summed E-state index contributed by atoms with van der Waals surface area (Å²) in [4.78, 5) is 0. The third-order valence-corrected chi connectivity index (χ3v) is 3.26. The molecule has 1 fully saturated rings. The van der Waals surface area contributed by atoms with Crippen LogP contribution in [0.25, 0.3) is 0 Å². The van der Waals surface area contributed by atoms with Crippen molar-refractivity contribution in [2.24, 2.45) is 0 Å². The second kappa shape index (κ2) is 7.43. The molecular formula is C16H19ClO2. The lowest BCUT2D eigenvalue weighted by Gasteiger charge is -2.13. The van der Waals surface area contributed by atoms with E-state index < -0.39 is 0 Å². The first-order valence-corrected chi connectivity index (χ1v) is 7.25.